The number of sulfone groups is 1. The summed E-state index contributed by atoms with van der Waals surface area (Å²) < 4.78 is 67.5. The molecule has 0 saturated heterocycles. The van der Waals surface area contributed by atoms with E-state index < -0.39 is 61.5 Å². The van der Waals surface area contributed by atoms with E-state index in [1.807, 2.05) is 0 Å². The molecule has 0 radical (unpaired) electrons. The average Bonchev–Trinajstić information content (AvgIpc) is 3.04. The molecule has 4 rings (SSSR count). The van der Waals surface area contributed by atoms with Crippen LogP contribution in [-0.4, -0.2) is 41.0 Å². The third-order valence-electron chi connectivity index (χ3n) is 7.28. The van der Waals surface area contributed by atoms with Crippen LogP contribution in [0.15, 0.2) is 35.2 Å². The number of nitrogens with one attached hydrogen (secondary N) is 1. The summed E-state index contributed by atoms with van der Waals surface area (Å²) >= 11 is 6.23. The lowest BCUT2D eigenvalue weighted by Gasteiger charge is -2.47. The molecule has 2 saturated carbocycles. The van der Waals surface area contributed by atoms with Gasteiger partial charge in [0.2, 0.25) is 0 Å². The van der Waals surface area contributed by atoms with Gasteiger partial charge < -0.3 is 15.5 Å². The molecule has 3 unspecified atom stereocenters. The number of carbonyl (C=O) groups excluding carboxylic acids is 1. The molecule has 2 aliphatic carbocycles. The van der Waals surface area contributed by atoms with E-state index in [-0.39, 0.29) is 34.0 Å². The van der Waals surface area contributed by atoms with Gasteiger partial charge in [0.25, 0.3) is 5.91 Å². The van der Waals surface area contributed by atoms with Crippen molar-refractivity contribution in [3.63, 3.8) is 0 Å². The van der Waals surface area contributed by atoms with E-state index in [9.17, 15) is 36.6 Å². The zero-order valence-corrected chi connectivity index (χ0v) is 20.6. The van der Waals surface area contributed by atoms with E-state index in [2.05, 4.69) is 5.32 Å². The number of aliphatic hydroxyl groups is 2. The van der Waals surface area contributed by atoms with Crippen molar-refractivity contribution in [3.05, 3.63) is 58.4 Å². The Balaban J connectivity index is 1.63. The van der Waals surface area contributed by atoms with Crippen LogP contribution in [0.1, 0.15) is 49.9 Å². The summed E-state index contributed by atoms with van der Waals surface area (Å²) in [5, 5.41) is 22.7. The Morgan fingerprint density at radius 2 is 1.63 bits per heavy atom. The summed E-state index contributed by atoms with van der Waals surface area (Å²) in [6.45, 7) is 3.00. The monoisotopic (exact) mass is 531 g/mol. The van der Waals surface area contributed by atoms with Crippen LogP contribution < -0.4 is 5.32 Å². The van der Waals surface area contributed by atoms with Gasteiger partial charge in [0.1, 0.15) is 0 Å². The molecule has 2 aromatic carbocycles. The number of halogens is 4. The van der Waals surface area contributed by atoms with Crippen LogP contribution in [0.2, 0.25) is 5.02 Å². The lowest BCUT2D eigenvalue weighted by molar-refractivity contribution is -0.159. The topological polar surface area (TPSA) is 104 Å². The average molecular weight is 532 g/mol. The molecule has 35 heavy (non-hydrogen) atoms. The molecule has 3 N–H and O–H groups in total. The molecule has 11 heteroatoms. The summed E-state index contributed by atoms with van der Waals surface area (Å²) in [6, 6.07) is 4.81. The maximum atomic E-state index is 13.7. The van der Waals surface area contributed by atoms with Crippen molar-refractivity contribution in [2.45, 2.75) is 60.9 Å². The third kappa shape index (κ3) is 4.57. The van der Waals surface area contributed by atoms with E-state index in [0.29, 0.717) is 25.0 Å². The van der Waals surface area contributed by atoms with Gasteiger partial charge in [-0.05, 0) is 69.6 Å². The predicted octanol–water partition coefficient (Wildman–Crippen LogP) is 4.47. The number of fused-ring (bicyclic) bond motifs is 2. The van der Waals surface area contributed by atoms with Crippen LogP contribution in [0.25, 0.3) is 0 Å². The first-order valence-electron chi connectivity index (χ1n) is 11.1. The van der Waals surface area contributed by atoms with Crippen molar-refractivity contribution in [2.75, 3.05) is 5.32 Å². The number of carbonyl (C=O) groups is 1. The fourth-order valence-corrected chi connectivity index (χ4v) is 8.22. The van der Waals surface area contributed by atoms with Gasteiger partial charge in [-0.2, -0.15) is 0 Å². The second kappa shape index (κ2) is 8.76. The van der Waals surface area contributed by atoms with Gasteiger partial charge in [-0.1, -0.05) is 11.6 Å². The van der Waals surface area contributed by atoms with Crippen LogP contribution in [0.5, 0.6) is 0 Å². The summed E-state index contributed by atoms with van der Waals surface area (Å²) in [4.78, 5) is 12.4. The largest absolute Gasteiger partial charge is 0.387 e. The van der Waals surface area contributed by atoms with Gasteiger partial charge in [0, 0.05) is 23.4 Å². The van der Waals surface area contributed by atoms with E-state index in [1.165, 1.54) is 26.0 Å². The predicted molar refractivity (Wildman–Crippen MR) is 123 cm³/mol. The van der Waals surface area contributed by atoms with Gasteiger partial charge in [-0.3, -0.25) is 4.79 Å². The first-order chi connectivity index (χ1) is 16.1. The smallest absolute Gasteiger partial charge is 0.255 e. The third-order valence-corrected chi connectivity index (χ3v) is 10.2. The molecule has 4 atom stereocenters. The molecule has 0 spiro atoms. The zero-order chi connectivity index (χ0) is 25.9. The molecule has 2 aliphatic rings. The Labute approximate surface area is 206 Å². The number of benzene rings is 2. The highest BCUT2D eigenvalue weighted by atomic mass is 35.5. The minimum atomic E-state index is -4.05. The standard InChI is InChI=1S/C24H25ClF3NO5S/c1-23(2,31)24(32)10-13-3-4-14(11-24)21(13)35(33,34)19-7-12(5-6-16(19)25)22(30)29-15-8-17(26)20(28)18(27)9-15/h5-9,13-14,21,31-32H,3-4,10-11H2,1-2H3,(H,29,30)/t13-,14?,21?,24?/m0/s1. The summed E-state index contributed by atoms with van der Waals surface area (Å²) in [7, 11) is -4.05. The summed E-state index contributed by atoms with van der Waals surface area (Å²) in [5.74, 6) is -6.34. The number of anilines is 1. The Morgan fingerprint density at radius 1 is 1.09 bits per heavy atom. The van der Waals surface area contributed by atoms with Crippen molar-refractivity contribution in [3.8, 4) is 0 Å². The maximum absolute atomic E-state index is 13.7. The Hall–Kier alpha value is -2.14. The normalized spacial score (nSPS) is 26.6. The number of rotatable bonds is 5. The minimum Gasteiger partial charge on any atom is -0.387 e. The lowest BCUT2D eigenvalue weighted by Crippen LogP contribution is -2.57. The number of amides is 1. The molecule has 190 valence electrons. The first-order valence-corrected chi connectivity index (χ1v) is 13.0. The molecule has 0 aromatic heterocycles. The van der Waals surface area contributed by atoms with Crippen molar-refractivity contribution in [2.24, 2.45) is 11.8 Å². The minimum absolute atomic E-state index is 0.0943. The zero-order valence-electron chi connectivity index (χ0n) is 19.0. The molecule has 0 aliphatic heterocycles. The van der Waals surface area contributed by atoms with Crippen LogP contribution >= 0.6 is 11.6 Å². The number of hydrogen-bond acceptors (Lipinski definition) is 5. The van der Waals surface area contributed by atoms with Gasteiger partial charge in [-0.15, -0.1) is 0 Å². The molecule has 2 fully saturated rings. The molecule has 2 aromatic rings. The fourth-order valence-electron chi connectivity index (χ4n) is 5.38. The second-order valence-corrected chi connectivity index (χ2v) is 12.4. The summed E-state index contributed by atoms with van der Waals surface area (Å²) in [5.41, 5.74) is -3.30. The lowest BCUT2D eigenvalue weighted by atomic mass is 9.69. The van der Waals surface area contributed by atoms with Gasteiger partial charge in [-0.25, -0.2) is 21.6 Å². The maximum Gasteiger partial charge on any atom is 0.255 e. The van der Waals surface area contributed by atoms with E-state index in [0.717, 1.165) is 6.07 Å². The van der Waals surface area contributed by atoms with Gasteiger partial charge in [0.15, 0.2) is 27.3 Å². The fraction of sp³-hybridized carbons (Fsp3) is 0.458. The van der Waals surface area contributed by atoms with Crippen LogP contribution in [0, 0.1) is 29.3 Å². The van der Waals surface area contributed by atoms with Crippen molar-refractivity contribution < 1.29 is 36.6 Å². The Morgan fingerprint density at radius 3 is 2.14 bits per heavy atom. The van der Waals surface area contributed by atoms with Crippen molar-refractivity contribution in [1.82, 2.24) is 0 Å². The SMILES string of the molecule is CC(C)(O)C1(O)CC2CC[C@@H](C1)C2S(=O)(=O)c1cc(C(=O)Nc2cc(F)c(F)c(F)c2)ccc1Cl. The highest BCUT2D eigenvalue weighted by Gasteiger charge is 2.58. The summed E-state index contributed by atoms with van der Waals surface area (Å²) in [6.07, 6.45) is 1.34. The molecule has 2 bridgehead atoms. The molecule has 1 amide bonds. The second-order valence-electron chi connectivity index (χ2n) is 9.96. The van der Waals surface area contributed by atoms with E-state index >= 15 is 0 Å². The van der Waals surface area contributed by atoms with E-state index in [4.69, 9.17) is 11.6 Å². The Kier molecular flexibility index (Phi) is 6.49. The molecular formula is C24H25ClF3NO5S. The highest BCUT2D eigenvalue weighted by molar-refractivity contribution is 7.92. The van der Waals surface area contributed by atoms with Crippen LogP contribution in [-0.2, 0) is 9.84 Å². The van der Waals surface area contributed by atoms with Crippen molar-refractivity contribution in [1.29, 1.82) is 0 Å². The van der Waals surface area contributed by atoms with Crippen LogP contribution in [0.3, 0.4) is 0 Å². The number of hydrogen-bond donors (Lipinski definition) is 3. The molecule has 0 heterocycles. The molecule has 6 nitrogen and oxygen atoms in total. The first kappa shape index (κ1) is 25.9. The van der Waals surface area contributed by atoms with Crippen LogP contribution in [0.4, 0.5) is 18.9 Å². The Bertz CT molecular complexity index is 1260. The van der Waals surface area contributed by atoms with Gasteiger partial charge in [0.05, 0.1) is 26.4 Å². The van der Waals surface area contributed by atoms with E-state index in [1.54, 1.807) is 0 Å². The van der Waals surface area contributed by atoms with Crippen molar-refractivity contribution >= 4 is 33.0 Å². The molecular weight excluding hydrogens is 507 g/mol. The van der Waals surface area contributed by atoms with Gasteiger partial charge >= 0.3 is 0 Å². The highest BCUT2D eigenvalue weighted by Crippen LogP contribution is 2.53. The quantitative estimate of drug-likeness (QED) is 0.494.